The van der Waals surface area contributed by atoms with Gasteiger partial charge in [-0.2, -0.15) is 0 Å². The van der Waals surface area contributed by atoms with Crippen molar-refractivity contribution in [3.63, 3.8) is 0 Å². The minimum absolute atomic E-state index is 0.0233. The standard InChI is InChI=1S/C11H12BrClN2O/c1-2-6-8(13)5-7(12)11-10(6)15-9(16)3-4-14-11/h5,14H,2-4H2,1H3,(H,15,16). The summed E-state index contributed by atoms with van der Waals surface area (Å²) < 4.78 is 0.881. The molecule has 2 N–H and O–H groups in total. The fourth-order valence-electron chi connectivity index (χ4n) is 1.82. The Hall–Kier alpha value is -0.740. The summed E-state index contributed by atoms with van der Waals surface area (Å²) in [7, 11) is 0. The van der Waals surface area contributed by atoms with E-state index < -0.39 is 0 Å². The van der Waals surface area contributed by atoms with Crippen molar-refractivity contribution in [1.29, 1.82) is 0 Å². The van der Waals surface area contributed by atoms with E-state index in [1.165, 1.54) is 0 Å². The molecule has 1 aromatic rings. The van der Waals surface area contributed by atoms with Crippen molar-refractivity contribution in [3.8, 4) is 0 Å². The molecule has 16 heavy (non-hydrogen) atoms. The molecule has 0 saturated heterocycles. The molecule has 1 aliphatic heterocycles. The lowest BCUT2D eigenvalue weighted by Gasteiger charge is -2.15. The number of carbonyl (C=O) groups is 1. The van der Waals surface area contributed by atoms with Crippen LogP contribution in [0.5, 0.6) is 0 Å². The summed E-state index contributed by atoms with van der Waals surface area (Å²) in [6.07, 6.45) is 1.26. The van der Waals surface area contributed by atoms with Gasteiger partial charge >= 0.3 is 0 Å². The van der Waals surface area contributed by atoms with E-state index in [0.717, 1.165) is 27.8 Å². The smallest absolute Gasteiger partial charge is 0.226 e. The number of benzene rings is 1. The zero-order valence-electron chi connectivity index (χ0n) is 8.86. The van der Waals surface area contributed by atoms with Crippen LogP contribution in [0.25, 0.3) is 0 Å². The molecule has 0 atom stereocenters. The van der Waals surface area contributed by atoms with Crippen molar-refractivity contribution in [2.75, 3.05) is 17.2 Å². The summed E-state index contributed by atoms with van der Waals surface area (Å²) >= 11 is 9.61. The molecule has 0 radical (unpaired) electrons. The van der Waals surface area contributed by atoms with Gasteiger partial charge in [0.1, 0.15) is 0 Å². The highest BCUT2D eigenvalue weighted by atomic mass is 79.9. The second-order valence-corrected chi connectivity index (χ2v) is 4.91. The highest BCUT2D eigenvalue weighted by molar-refractivity contribution is 9.10. The molecule has 1 heterocycles. The van der Waals surface area contributed by atoms with Gasteiger partial charge in [-0.25, -0.2) is 0 Å². The monoisotopic (exact) mass is 302 g/mol. The Morgan fingerprint density at radius 2 is 2.25 bits per heavy atom. The number of hydrogen-bond acceptors (Lipinski definition) is 2. The van der Waals surface area contributed by atoms with Crippen LogP contribution in [-0.4, -0.2) is 12.5 Å². The molecule has 0 unspecified atom stereocenters. The first kappa shape index (κ1) is 11.7. The van der Waals surface area contributed by atoms with E-state index in [1.807, 2.05) is 13.0 Å². The summed E-state index contributed by atoms with van der Waals surface area (Å²) in [5, 5.41) is 6.82. The predicted molar refractivity (Wildman–Crippen MR) is 70.3 cm³/mol. The highest BCUT2D eigenvalue weighted by Gasteiger charge is 2.19. The zero-order chi connectivity index (χ0) is 11.7. The van der Waals surface area contributed by atoms with E-state index in [4.69, 9.17) is 11.6 Å². The first-order valence-electron chi connectivity index (χ1n) is 5.18. The maximum atomic E-state index is 11.5. The fraction of sp³-hybridized carbons (Fsp3) is 0.364. The van der Waals surface area contributed by atoms with Crippen LogP contribution < -0.4 is 10.6 Å². The maximum absolute atomic E-state index is 11.5. The minimum atomic E-state index is 0.0233. The summed E-state index contributed by atoms with van der Waals surface area (Å²) in [6.45, 7) is 2.66. The summed E-state index contributed by atoms with van der Waals surface area (Å²) in [5.74, 6) is 0.0233. The zero-order valence-corrected chi connectivity index (χ0v) is 11.2. The third kappa shape index (κ3) is 2.04. The average Bonchev–Trinajstić information content (AvgIpc) is 2.40. The average molecular weight is 304 g/mol. The Kier molecular flexibility index (Phi) is 3.40. The van der Waals surface area contributed by atoms with Crippen molar-refractivity contribution in [2.24, 2.45) is 0 Å². The molecular weight excluding hydrogens is 291 g/mol. The topological polar surface area (TPSA) is 41.1 Å². The molecule has 86 valence electrons. The summed E-state index contributed by atoms with van der Waals surface area (Å²) in [5.41, 5.74) is 2.71. The van der Waals surface area contributed by atoms with Crippen LogP contribution in [0.1, 0.15) is 18.9 Å². The molecule has 1 amide bonds. The lowest BCUT2D eigenvalue weighted by atomic mass is 10.1. The van der Waals surface area contributed by atoms with Gasteiger partial charge in [-0.3, -0.25) is 4.79 Å². The van der Waals surface area contributed by atoms with Crippen LogP contribution in [0.3, 0.4) is 0 Å². The Bertz CT molecular complexity index is 448. The molecular formula is C11H12BrClN2O. The van der Waals surface area contributed by atoms with Crippen LogP contribution in [-0.2, 0) is 11.2 Å². The van der Waals surface area contributed by atoms with Gasteiger partial charge in [0.05, 0.1) is 11.4 Å². The van der Waals surface area contributed by atoms with Crippen molar-refractivity contribution >= 4 is 44.8 Å². The molecule has 3 nitrogen and oxygen atoms in total. The second-order valence-electron chi connectivity index (χ2n) is 3.65. The minimum Gasteiger partial charge on any atom is -0.382 e. The Morgan fingerprint density at radius 3 is 2.94 bits per heavy atom. The van der Waals surface area contributed by atoms with Gasteiger partial charge in [-0.15, -0.1) is 0 Å². The molecule has 0 fully saturated rings. The molecule has 0 aliphatic carbocycles. The Morgan fingerprint density at radius 1 is 1.50 bits per heavy atom. The molecule has 0 bridgehead atoms. The summed E-state index contributed by atoms with van der Waals surface area (Å²) in [4.78, 5) is 11.5. The van der Waals surface area contributed by atoms with E-state index in [9.17, 15) is 4.79 Å². The van der Waals surface area contributed by atoms with Crippen LogP contribution in [0.2, 0.25) is 5.02 Å². The predicted octanol–water partition coefficient (Wildman–Crippen LogP) is 3.42. The first-order valence-corrected chi connectivity index (χ1v) is 6.35. The number of fused-ring (bicyclic) bond motifs is 1. The van der Waals surface area contributed by atoms with E-state index in [1.54, 1.807) is 0 Å². The van der Waals surface area contributed by atoms with E-state index >= 15 is 0 Å². The molecule has 0 spiro atoms. The van der Waals surface area contributed by atoms with Gasteiger partial charge < -0.3 is 10.6 Å². The van der Waals surface area contributed by atoms with Gasteiger partial charge in [-0.05, 0) is 34.0 Å². The number of halogens is 2. The summed E-state index contributed by atoms with van der Waals surface area (Å²) in [6, 6.07) is 1.86. The van der Waals surface area contributed by atoms with Crippen LogP contribution in [0, 0.1) is 0 Å². The molecule has 0 saturated carbocycles. The number of rotatable bonds is 1. The lowest BCUT2D eigenvalue weighted by molar-refractivity contribution is -0.115. The first-order chi connectivity index (χ1) is 7.63. The number of carbonyl (C=O) groups excluding carboxylic acids is 1. The van der Waals surface area contributed by atoms with Crippen molar-refractivity contribution < 1.29 is 4.79 Å². The van der Waals surface area contributed by atoms with Gasteiger partial charge in [0.25, 0.3) is 0 Å². The van der Waals surface area contributed by atoms with Gasteiger partial charge in [0, 0.05) is 22.5 Å². The van der Waals surface area contributed by atoms with E-state index in [0.29, 0.717) is 18.0 Å². The molecule has 1 aromatic carbocycles. The molecule has 0 aromatic heterocycles. The maximum Gasteiger partial charge on any atom is 0.226 e. The van der Waals surface area contributed by atoms with Crippen molar-refractivity contribution in [1.82, 2.24) is 0 Å². The van der Waals surface area contributed by atoms with E-state index in [2.05, 4.69) is 26.6 Å². The van der Waals surface area contributed by atoms with Gasteiger partial charge in [0.15, 0.2) is 0 Å². The lowest BCUT2D eigenvalue weighted by Crippen LogP contribution is -2.12. The number of hydrogen-bond donors (Lipinski definition) is 2. The third-order valence-corrected chi connectivity index (χ3v) is 3.57. The number of nitrogens with one attached hydrogen (secondary N) is 2. The largest absolute Gasteiger partial charge is 0.382 e. The number of amides is 1. The van der Waals surface area contributed by atoms with Crippen molar-refractivity contribution in [3.05, 3.63) is 21.1 Å². The second kappa shape index (κ2) is 4.63. The molecule has 1 aliphatic rings. The molecule has 2 rings (SSSR count). The number of anilines is 2. The highest BCUT2D eigenvalue weighted by Crippen LogP contribution is 2.39. The van der Waals surface area contributed by atoms with Crippen molar-refractivity contribution in [2.45, 2.75) is 19.8 Å². The third-order valence-electron chi connectivity index (χ3n) is 2.60. The van der Waals surface area contributed by atoms with Gasteiger partial charge in [-0.1, -0.05) is 18.5 Å². The molecule has 5 heteroatoms. The Balaban J connectivity index is 2.61. The van der Waals surface area contributed by atoms with Crippen LogP contribution >= 0.6 is 27.5 Å². The quantitative estimate of drug-likeness (QED) is 0.834. The fourth-order valence-corrected chi connectivity index (χ4v) is 2.86. The van der Waals surface area contributed by atoms with Gasteiger partial charge in [0.2, 0.25) is 5.91 Å². The SMILES string of the molecule is CCc1c(Cl)cc(Br)c2c1NC(=O)CCN2. The van der Waals surface area contributed by atoms with Crippen LogP contribution in [0.15, 0.2) is 10.5 Å². The normalized spacial score (nSPS) is 14.8. The van der Waals surface area contributed by atoms with E-state index in [-0.39, 0.29) is 5.91 Å². The Labute approximate surface area is 108 Å². The van der Waals surface area contributed by atoms with Crippen LogP contribution in [0.4, 0.5) is 11.4 Å².